The van der Waals surface area contributed by atoms with Crippen molar-refractivity contribution in [2.24, 2.45) is 0 Å². The minimum atomic E-state index is -0.455. The molecule has 0 bridgehead atoms. The zero-order valence-electron chi connectivity index (χ0n) is 17.4. The number of hydrogen-bond acceptors (Lipinski definition) is 7. The molecule has 3 heterocycles. The Kier molecular flexibility index (Phi) is 5.68. The topological polar surface area (TPSA) is 105 Å². The first kappa shape index (κ1) is 20.5. The molecular weight excluding hydrogens is 396 g/mol. The number of likely N-dealkylation sites (N-methyl/N-ethyl adjacent to an activating group) is 1. The van der Waals surface area contributed by atoms with Crippen LogP contribution in [0.3, 0.4) is 0 Å². The average Bonchev–Trinajstić information content (AvgIpc) is 2.79. The molecule has 0 spiro atoms. The molecule has 1 aliphatic heterocycles. The number of aryl methyl sites for hydroxylation is 1. The van der Waals surface area contributed by atoms with Crippen LogP contribution in [0.25, 0.3) is 22.6 Å². The first-order valence-corrected chi connectivity index (χ1v) is 9.95. The number of benzene rings is 1. The van der Waals surface area contributed by atoms with Gasteiger partial charge in [0.2, 0.25) is 0 Å². The van der Waals surface area contributed by atoms with Gasteiger partial charge in [0.15, 0.2) is 5.82 Å². The number of aromatic nitrogens is 3. The average molecular weight is 418 g/mol. The Labute approximate surface area is 179 Å². The van der Waals surface area contributed by atoms with E-state index >= 15 is 0 Å². The molecule has 9 nitrogen and oxygen atoms in total. The third-order valence-corrected chi connectivity index (χ3v) is 5.36. The van der Waals surface area contributed by atoms with Gasteiger partial charge in [-0.3, -0.25) is 19.9 Å². The van der Waals surface area contributed by atoms with E-state index in [1.54, 1.807) is 48.5 Å². The lowest BCUT2D eigenvalue weighted by molar-refractivity contribution is -0.384. The number of nitro benzene ring substituents is 1. The van der Waals surface area contributed by atoms with Crippen molar-refractivity contribution in [3.63, 3.8) is 0 Å². The van der Waals surface area contributed by atoms with Crippen molar-refractivity contribution in [3.05, 3.63) is 70.2 Å². The molecule has 0 radical (unpaired) electrons. The van der Waals surface area contributed by atoms with Crippen LogP contribution in [0.5, 0.6) is 0 Å². The van der Waals surface area contributed by atoms with E-state index in [4.69, 9.17) is 0 Å². The number of amides is 1. The lowest BCUT2D eigenvalue weighted by atomic mass is 10.0. The van der Waals surface area contributed by atoms with Crippen molar-refractivity contribution in [2.45, 2.75) is 6.92 Å². The van der Waals surface area contributed by atoms with Gasteiger partial charge in [-0.2, -0.15) is 0 Å². The van der Waals surface area contributed by atoms with Crippen molar-refractivity contribution in [3.8, 4) is 22.6 Å². The highest BCUT2D eigenvalue weighted by Crippen LogP contribution is 2.30. The van der Waals surface area contributed by atoms with Gasteiger partial charge in [0, 0.05) is 61.8 Å². The van der Waals surface area contributed by atoms with Gasteiger partial charge in [0.05, 0.1) is 21.9 Å². The molecule has 1 fully saturated rings. The normalized spacial score (nSPS) is 14.5. The molecule has 158 valence electrons. The molecule has 1 aliphatic rings. The maximum Gasteiger partial charge on any atom is 0.270 e. The molecule has 3 aromatic rings. The van der Waals surface area contributed by atoms with Crippen molar-refractivity contribution in [1.82, 2.24) is 24.8 Å². The Bertz CT molecular complexity index is 1130. The number of carbonyl (C=O) groups is 1. The van der Waals surface area contributed by atoms with E-state index in [2.05, 4.69) is 19.9 Å². The molecule has 1 aromatic carbocycles. The van der Waals surface area contributed by atoms with Crippen LogP contribution < -0.4 is 0 Å². The van der Waals surface area contributed by atoms with E-state index in [1.165, 1.54) is 12.1 Å². The van der Waals surface area contributed by atoms with Crippen LogP contribution in [-0.2, 0) is 0 Å². The van der Waals surface area contributed by atoms with Crippen LogP contribution in [0.1, 0.15) is 16.1 Å². The number of piperazine rings is 1. The van der Waals surface area contributed by atoms with Crippen LogP contribution in [-0.4, -0.2) is 68.8 Å². The van der Waals surface area contributed by atoms with E-state index in [0.717, 1.165) is 18.7 Å². The SMILES string of the molecule is Cc1nc(-c2ccncc2)nc(-c2cccc([N+](=O)[O-])c2)c1C(=O)N1CCN(C)CC1. The summed E-state index contributed by atoms with van der Waals surface area (Å²) in [4.78, 5) is 41.6. The Morgan fingerprint density at radius 2 is 1.74 bits per heavy atom. The highest BCUT2D eigenvalue weighted by molar-refractivity contribution is 6.01. The van der Waals surface area contributed by atoms with Crippen LogP contribution in [0.4, 0.5) is 5.69 Å². The predicted molar refractivity (Wildman–Crippen MR) is 115 cm³/mol. The zero-order valence-corrected chi connectivity index (χ0v) is 17.4. The summed E-state index contributed by atoms with van der Waals surface area (Å²) in [5.74, 6) is 0.282. The van der Waals surface area contributed by atoms with Crippen LogP contribution in [0.15, 0.2) is 48.8 Å². The summed E-state index contributed by atoms with van der Waals surface area (Å²) in [5.41, 5.74) is 2.51. The van der Waals surface area contributed by atoms with Crippen molar-refractivity contribution >= 4 is 11.6 Å². The van der Waals surface area contributed by atoms with Crippen molar-refractivity contribution in [1.29, 1.82) is 0 Å². The molecule has 1 amide bonds. The number of rotatable bonds is 4. The third kappa shape index (κ3) is 4.26. The third-order valence-electron chi connectivity index (χ3n) is 5.36. The maximum absolute atomic E-state index is 13.5. The quantitative estimate of drug-likeness (QED) is 0.474. The molecule has 0 N–H and O–H groups in total. The van der Waals surface area contributed by atoms with Crippen LogP contribution >= 0.6 is 0 Å². The minimum absolute atomic E-state index is 0.0581. The van der Waals surface area contributed by atoms with Gasteiger partial charge in [-0.05, 0) is 26.1 Å². The van der Waals surface area contributed by atoms with Gasteiger partial charge < -0.3 is 9.80 Å². The minimum Gasteiger partial charge on any atom is -0.336 e. The first-order valence-electron chi connectivity index (χ1n) is 9.95. The molecule has 1 saturated heterocycles. The largest absolute Gasteiger partial charge is 0.336 e. The summed E-state index contributed by atoms with van der Waals surface area (Å²) in [7, 11) is 2.02. The van der Waals surface area contributed by atoms with Gasteiger partial charge in [0.1, 0.15) is 0 Å². The van der Waals surface area contributed by atoms with E-state index in [1.807, 2.05) is 7.05 Å². The fourth-order valence-electron chi connectivity index (χ4n) is 3.60. The Morgan fingerprint density at radius 3 is 2.42 bits per heavy atom. The number of nitrogens with zero attached hydrogens (tertiary/aromatic N) is 6. The summed E-state index contributed by atoms with van der Waals surface area (Å²) in [6.45, 7) is 4.56. The number of pyridine rings is 1. The predicted octanol–water partition coefficient (Wildman–Crippen LogP) is 2.81. The maximum atomic E-state index is 13.5. The molecule has 0 atom stereocenters. The standard InChI is InChI=1S/C22H22N6O3/c1-15-19(22(29)27-12-10-26(2)11-13-27)20(17-4-3-5-18(14-17)28(30)31)25-21(24-15)16-6-8-23-9-7-16/h3-9,14H,10-13H2,1-2H3. The zero-order chi connectivity index (χ0) is 22.0. The molecule has 31 heavy (non-hydrogen) atoms. The second-order valence-electron chi connectivity index (χ2n) is 7.50. The number of non-ortho nitro benzene ring substituents is 1. The van der Waals surface area contributed by atoms with E-state index in [9.17, 15) is 14.9 Å². The van der Waals surface area contributed by atoms with Crippen molar-refractivity contribution in [2.75, 3.05) is 33.2 Å². The van der Waals surface area contributed by atoms with E-state index in [-0.39, 0.29) is 11.6 Å². The van der Waals surface area contributed by atoms with Crippen LogP contribution in [0, 0.1) is 17.0 Å². The molecule has 9 heteroatoms. The monoisotopic (exact) mass is 418 g/mol. The molecule has 0 saturated carbocycles. The highest BCUT2D eigenvalue weighted by atomic mass is 16.6. The molecule has 4 rings (SSSR count). The fraction of sp³-hybridized carbons (Fsp3) is 0.273. The lowest BCUT2D eigenvalue weighted by Gasteiger charge is -2.33. The second kappa shape index (κ2) is 8.57. The highest BCUT2D eigenvalue weighted by Gasteiger charge is 2.27. The summed E-state index contributed by atoms with van der Waals surface area (Å²) in [6, 6.07) is 9.76. The summed E-state index contributed by atoms with van der Waals surface area (Å²) < 4.78 is 0. The lowest BCUT2D eigenvalue weighted by Crippen LogP contribution is -2.47. The number of hydrogen-bond donors (Lipinski definition) is 0. The Balaban J connectivity index is 1.86. The first-order chi connectivity index (χ1) is 14.9. The molecule has 2 aromatic heterocycles. The van der Waals surface area contributed by atoms with Gasteiger partial charge in [-0.25, -0.2) is 9.97 Å². The molecular formula is C22H22N6O3. The van der Waals surface area contributed by atoms with Gasteiger partial charge in [0.25, 0.3) is 11.6 Å². The summed E-state index contributed by atoms with van der Waals surface area (Å²) in [6.07, 6.45) is 3.29. The van der Waals surface area contributed by atoms with Crippen LogP contribution in [0.2, 0.25) is 0 Å². The summed E-state index contributed by atoms with van der Waals surface area (Å²) >= 11 is 0. The van der Waals surface area contributed by atoms with E-state index in [0.29, 0.717) is 41.4 Å². The molecule has 0 aliphatic carbocycles. The van der Waals surface area contributed by atoms with Gasteiger partial charge in [-0.15, -0.1) is 0 Å². The second-order valence-corrected chi connectivity index (χ2v) is 7.50. The Morgan fingerprint density at radius 1 is 1.03 bits per heavy atom. The number of nitro groups is 1. The van der Waals surface area contributed by atoms with Gasteiger partial charge in [-0.1, -0.05) is 12.1 Å². The molecule has 0 unspecified atom stereocenters. The van der Waals surface area contributed by atoms with E-state index < -0.39 is 4.92 Å². The summed E-state index contributed by atoms with van der Waals surface area (Å²) in [5, 5.41) is 11.3. The smallest absolute Gasteiger partial charge is 0.270 e. The van der Waals surface area contributed by atoms with Crippen molar-refractivity contribution < 1.29 is 9.72 Å². The fourth-order valence-corrected chi connectivity index (χ4v) is 3.60. The Hall–Kier alpha value is -3.72. The van der Waals surface area contributed by atoms with Gasteiger partial charge >= 0.3 is 0 Å². The number of carbonyl (C=O) groups excluding carboxylic acids is 1.